The predicted molar refractivity (Wildman–Crippen MR) is 54.9 cm³/mol. The van der Waals surface area contributed by atoms with Crippen LogP contribution < -0.4 is 5.73 Å². The van der Waals surface area contributed by atoms with E-state index in [2.05, 4.69) is 4.98 Å². The smallest absolute Gasteiger partial charge is 0.198 e. The van der Waals surface area contributed by atoms with Crippen LogP contribution in [-0.2, 0) is 6.42 Å². The van der Waals surface area contributed by atoms with Crippen LogP contribution in [0.25, 0.3) is 0 Å². The van der Waals surface area contributed by atoms with Crippen LogP contribution in [-0.4, -0.2) is 4.98 Å². The van der Waals surface area contributed by atoms with Crippen molar-refractivity contribution in [2.75, 3.05) is 5.73 Å². The molecule has 1 aromatic carbocycles. The molecule has 0 aliphatic rings. The Bertz CT molecular complexity index is 434. The van der Waals surface area contributed by atoms with E-state index in [1.165, 1.54) is 0 Å². The Labute approximate surface area is 82.6 Å². The van der Waals surface area contributed by atoms with E-state index in [1.807, 2.05) is 31.2 Å². The molecule has 3 nitrogen and oxygen atoms in total. The fraction of sp³-hybridized carbons (Fsp3) is 0.182. The summed E-state index contributed by atoms with van der Waals surface area (Å²) in [5.74, 6) is 1.54. The Balaban J connectivity index is 2.23. The molecule has 72 valence electrons. The first-order chi connectivity index (χ1) is 6.75. The molecule has 0 saturated carbocycles. The van der Waals surface area contributed by atoms with Crippen LogP contribution in [0.3, 0.4) is 0 Å². The molecule has 0 atom stereocenters. The number of oxazole rings is 1. The first-order valence-corrected chi connectivity index (χ1v) is 4.50. The molecule has 2 rings (SSSR count). The van der Waals surface area contributed by atoms with Gasteiger partial charge in [0, 0.05) is 5.69 Å². The number of aromatic nitrogens is 1. The van der Waals surface area contributed by atoms with E-state index in [0.717, 1.165) is 17.0 Å². The number of benzene rings is 1. The van der Waals surface area contributed by atoms with Crippen molar-refractivity contribution < 1.29 is 4.42 Å². The highest BCUT2D eigenvalue weighted by Gasteiger charge is 2.04. The molecule has 1 heterocycles. The summed E-state index contributed by atoms with van der Waals surface area (Å²) in [4.78, 5) is 4.13. The quantitative estimate of drug-likeness (QED) is 0.735. The normalized spacial score (nSPS) is 10.4. The molecule has 0 unspecified atom stereocenters. The number of para-hydroxylation sites is 1. The largest absolute Gasteiger partial charge is 0.446 e. The van der Waals surface area contributed by atoms with Crippen LogP contribution >= 0.6 is 0 Å². The van der Waals surface area contributed by atoms with Crippen LogP contribution in [0.1, 0.15) is 17.2 Å². The van der Waals surface area contributed by atoms with Crippen molar-refractivity contribution >= 4 is 5.69 Å². The van der Waals surface area contributed by atoms with Gasteiger partial charge in [-0.2, -0.15) is 0 Å². The summed E-state index contributed by atoms with van der Waals surface area (Å²) < 4.78 is 5.38. The minimum absolute atomic E-state index is 0.653. The number of aryl methyl sites for hydroxylation is 1. The van der Waals surface area contributed by atoms with Crippen LogP contribution in [0.4, 0.5) is 5.69 Å². The standard InChI is InChI=1S/C11H12N2O/c1-8-7-13-11(14-8)6-9-4-2-3-5-10(9)12/h2-5,7H,6,12H2,1H3. The van der Waals surface area contributed by atoms with Crippen molar-refractivity contribution in [3.05, 3.63) is 47.7 Å². The number of nitrogens with zero attached hydrogens (tertiary/aromatic N) is 1. The number of nitrogens with two attached hydrogens (primary N) is 1. The number of anilines is 1. The third-order valence-corrected chi connectivity index (χ3v) is 2.07. The van der Waals surface area contributed by atoms with E-state index in [1.54, 1.807) is 6.20 Å². The summed E-state index contributed by atoms with van der Waals surface area (Å²) in [6, 6.07) is 7.74. The molecule has 14 heavy (non-hydrogen) atoms. The Kier molecular flexibility index (Phi) is 2.23. The van der Waals surface area contributed by atoms with E-state index in [0.29, 0.717) is 12.3 Å². The molecule has 2 N–H and O–H groups in total. The summed E-state index contributed by atoms with van der Waals surface area (Å²) in [6.07, 6.45) is 2.37. The molecule has 0 spiro atoms. The highest BCUT2D eigenvalue weighted by Crippen LogP contribution is 2.15. The third kappa shape index (κ3) is 1.76. The molecule has 0 aliphatic heterocycles. The van der Waals surface area contributed by atoms with E-state index in [9.17, 15) is 0 Å². The molecule has 2 aromatic rings. The molecule has 0 aliphatic carbocycles. The maximum Gasteiger partial charge on any atom is 0.198 e. The van der Waals surface area contributed by atoms with Crippen molar-refractivity contribution in [3.8, 4) is 0 Å². The van der Waals surface area contributed by atoms with E-state index in [-0.39, 0.29) is 0 Å². The molecule has 0 bridgehead atoms. The van der Waals surface area contributed by atoms with Crippen molar-refractivity contribution in [3.63, 3.8) is 0 Å². The fourth-order valence-corrected chi connectivity index (χ4v) is 1.34. The van der Waals surface area contributed by atoms with Gasteiger partial charge in [0.25, 0.3) is 0 Å². The van der Waals surface area contributed by atoms with Crippen molar-refractivity contribution in [2.24, 2.45) is 0 Å². The van der Waals surface area contributed by atoms with Gasteiger partial charge in [-0.15, -0.1) is 0 Å². The average molecular weight is 188 g/mol. The Morgan fingerprint density at radius 3 is 2.79 bits per heavy atom. The van der Waals surface area contributed by atoms with E-state index >= 15 is 0 Å². The van der Waals surface area contributed by atoms with Gasteiger partial charge in [-0.05, 0) is 18.6 Å². The monoisotopic (exact) mass is 188 g/mol. The molecular formula is C11H12N2O. The summed E-state index contributed by atoms with van der Waals surface area (Å²) in [6.45, 7) is 1.88. The average Bonchev–Trinajstić information content (AvgIpc) is 2.56. The lowest BCUT2D eigenvalue weighted by Crippen LogP contribution is -1.94. The van der Waals surface area contributed by atoms with E-state index < -0.39 is 0 Å². The fourth-order valence-electron chi connectivity index (χ4n) is 1.34. The van der Waals surface area contributed by atoms with Gasteiger partial charge >= 0.3 is 0 Å². The molecule has 0 fully saturated rings. The van der Waals surface area contributed by atoms with Crippen molar-refractivity contribution in [2.45, 2.75) is 13.3 Å². The summed E-state index contributed by atoms with van der Waals surface area (Å²) in [5, 5.41) is 0. The first-order valence-electron chi connectivity index (χ1n) is 4.50. The lowest BCUT2D eigenvalue weighted by Gasteiger charge is -2.01. The van der Waals surface area contributed by atoms with Gasteiger partial charge < -0.3 is 10.2 Å². The van der Waals surface area contributed by atoms with Crippen molar-refractivity contribution in [1.29, 1.82) is 0 Å². The van der Waals surface area contributed by atoms with Crippen LogP contribution in [0.2, 0.25) is 0 Å². The van der Waals surface area contributed by atoms with Gasteiger partial charge in [0.05, 0.1) is 12.6 Å². The zero-order valence-electron chi connectivity index (χ0n) is 8.03. The second-order valence-corrected chi connectivity index (χ2v) is 3.24. The zero-order valence-corrected chi connectivity index (χ0v) is 8.03. The number of hydrogen-bond acceptors (Lipinski definition) is 3. The highest BCUT2D eigenvalue weighted by atomic mass is 16.3. The van der Waals surface area contributed by atoms with Gasteiger partial charge in [0.2, 0.25) is 0 Å². The number of nitrogen functional groups attached to an aromatic ring is 1. The van der Waals surface area contributed by atoms with Gasteiger partial charge in [0.15, 0.2) is 5.89 Å². The van der Waals surface area contributed by atoms with Crippen LogP contribution in [0.5, 0.6) is 0 Å². The maximum atomic E-state index is 5.81. The molecule has 1 aromatic heterocycles. The minimum Gasteiger partial charge on any atom is -0.446 e. The molecular weight excluding hydrogens is 176 g/mol. The first kappa shape index (κ1) is 8.81. The third-order valence-electron chi connectivity index (χ3n) is 2.07. The van der Waals surface area contributed by atoms with E-state index in [4.69, 9.17) is 10.2 Å². The van der Waals surface area contributed by atoms with Gasteiger partial charge in [0.1, 0.15) is 5.76 Å². The summed E-state index contributed by atoms with van der Waals surface area (Å²) in [7, 11) is 0. The second-order valence-electron chi connectivity index (χ2n) is 3.24. The van der Waals surface area contributed by atoms with Crippen molar-refractivity contribution in [1.82, 2.24) is 4.98 Å². The second kappa shape index (κ2) is 3.54. The highest BCUT2D eigenvalue weighted by molar-refractivity contribution is 5.47. The minimum atomic E-state index is 0.653. The summed E-state index contributed by atoms with van der Waals surface area (Å²) >= 11 is 0. The topological polar surface area (TPSA) is 52.0 Å². The molecule has 0 amide bonds. The Morgan fingerprint density at radius 1 is 1.36 bits per heavy atom. The maximum absolute atomic E-state index is 5.81. The Morgan fingerprint density at radius 2 is 2.14 bits per heavy atom. The predicted octanol–water partition coefficient (Wildman–Crippen LogP) is 2.16. The molecule has 3 heteroatoms. The van der Waals surface area contributed by atoms with Gasteiger partial charge in [-0.25, -0.2) is 4.98 Å². The SMILES string of the molecule is Cc1cnc(Cc2ccccc2N)o1. The molecule has 0 saturated heterocycles. The van der Waals surface area contributed by atoms with Crippen LogP contribution in [0, 0.1) is 6.92 Å². The lowest BCUT2D eigenvalue weighted by molar-refractivity contribution is 0.482. The lowest BCUT2D eigenvalue weighted by atomic mass is 10.1. The van der Waals surface area contributed by atoms with Gasteiger partial charge in [-0.3, -0.25) is 0 Å². The number of rotatable bonds is 2. The zero-order chi connectivity index (χ0) is 9.97. The molecule has 0 radical (unpaired) electrons. The number of hydrogen-bond donors (Lipinski definition) is 1. The van der Waals surface area contributed by atoms with Gasteiger partial charge in [-0.1, -0.05) is 18.2 Å². The van der Waals surface area contributed by atoms with Crippen LogP contribution in [0.15, 0.2) is 34.9 Å². The Hall–Kier alpha value is -1.77. The summed E-state index contributed by atoms with van der Waals surface area (Å²) in [5.41, 5.74) is 7.64.